The monoisotopic (exact) mass is 328 g/mol. The maximum absolute atomic E-state index is 12.7. The standard InChI is InChI=1S/C18H17ClN2O2/c1-12-4-3-5-14(10-12)11-20-17(22)13(2)21(18(20)23)16-8-6-15(19)7-9-16/h3-10,13H,11H2,1-2H3/t13-/m0/s1. The predicted molar refractivity (Wildman–Crippen MR) is 90.5 cm³/mol. The van der Waals surface area contributed by atoms with Crippen LogP contribution in [0, 0.1) is 6.92 Å². The van der Waals surface area contributed by atoms with Gasteiger partial charge in [0.15, 0.2) is 0 Å². The van der Waals surface area contributed by atoms with Crippen LogP contribution in [0.3, 0.4) is 0 Å². The zero-order valence-electron chi connectivity index (χ0n) is 13.0. The number of aryl methyl sites for hydroxylation is 1. The van der Waals surface area contributed by atoms with E-state index < -0.39 is 6.04 Å². The number of hydrogen-bond acceptors (Lipinski definition) is 2. The number of rotatable bonds is 3. The van der Waals surface area contributed by atoms with Crippen molar-refractivity contribution in [3.8, 4) is 0 Å². The molecule has 2 aromatic rings. The maximum atomic E-state index is 12.7. The van der Waals surface area contributed by atoms with E-state index >= 15 is 0 Å². The molecule has 0 aliphatic carbocycles. The van der Waals surface area contributed by atoms with Gasteiger partial charge in [0, 0.05) is 10.7 Å². The summed E-state index contributed by atoms with van der Waals surface area (Å²) in [5.74, 6) is -0.188. The topological polar surface area (TPSA) is 40.6 Å². The van der Waals surface area contributed by atoms with Gasteiger partial charge in [-0.2, -0.15) is 0 Å². The van der Waals surface area contributed by atoms with Gasteiger partial charge in [0.1, 0.15) is 6.04 Å². The van der Waals surface area contributed by atoms with Gasteiger partial charge in [0.2, 0.25) is 0 Å². The Kier molecular flexibility index (Phi) is 4.09. The lowest BCUT2D eigenvalue weighted by atomic mass is 10.1. The summed E-state index contributed by atoms with van der Waals surface area (Å²) in [7, 11) is 0. The van der Waals surface area contributed by atoms with Crippen LogP contribution >= 0.6 is 11.6 Å². The third-order valence-corrected chi connectivity index (χ3v) is 4.23. The van der Waals surface area contributed by atoms with Crippen LogP contribution in [0.25, 0.3) is 0 Å². The average Bonchev–Trinajstić information content (AvgIpc) is 2.73. The predicted octanol–water partition coefficient (Wildman–Crippen LogP) is 4.01. The van der Waals surface area contributed by atoms with Crippen molar-refractivity contribution in [1.82, 2.24) is 4.90 Å². The fraction of sp³-hybridized carbons (Fsp3) is 0.222. The lowest BCUT2D eigenvalue weighted by molar-refractivity contribution is -0.127. The van der Waals surface area contributed by atoms with Gasteiger partial charge in [0.05, 0.1) is 6.54 Å². The maximum Gasteiger partial charge on any atom is 0.332 e. The van der Waals surface area contributed by atoms with Crippen LogP contribution in [0.2, 0.25) is 5.02 Å². The van der Waals surface area contributed by atoms with Crippen LogP contribution < -0.4 is 4.90 Å². The number of benzene rings is 2. The van der Waals surface area contributed by atoms with Crippen molar-refractivity contribution in [3.63, 3.8) is 0 Å². The number of carbonyl (C=O) groups excluding carboxylic acids is 2. The van der Waals surface area contributed by atoms with Gasteiger partial charge in [-0.3, -0.25) is 14.6 Å². The molecule has 1 saturated heterocycles. The van der Waals surface area contributed by atoms with E-state index in [0.717, 1.165) is 11.1 Å². The Hall–Kier alpha value is -2.33. The van der Waals surface area contributed by atoms with E-state index in [0.29, 0.717) is 10.7 Å². The first kappa shape index (κ1) is 15.6. The molecule has 3 rings (SSSR count). The lowest BCUT2D eigenvalue weighted by Gasteiger charge is -2.19. The van der Waals surface area contributed by atoms with Gasteiger partial charge in [0.25, 0.3) is 5.91 Å². The number of halogens is 1. The van der Waals surface area contributed by atoms with Gasteiger partial charge in [-0.1, -0.05) is 41.4 Å². The van der Waals surface area contributed by atoms with Gasteiger partial charge in [-0.05, 0) is 43.7 Å². The molecule has 1 fully saturated rings. The summed E-state index contributed by atoms with van der Waals surface area (Å²) in [5, 5.41) is 0.594. The van der Waals surface area contributed by atoms with E-state index in [1.807, 2.05) is 31.2 Å². The van der Waals surface area contributed by atoms with Gasteiger partial charge >= 0.3 is 6.03 Å². The Bertz CT molecular complexity index is 758. The molecule has 2 aromatic carbocycles. The minimum Gasteiger partial charge on any atom is -0.282 e. The first-order valence-electron chi connectivity index (χ1n) is 7.43. The molecule has 3 amide bonds. The van der Waals surface area contributed by atoms with Crippen LogP contribution in [0.4, 0.5) is 10.5 Å². The summed E-state index contributed by atoms with van der Waals surface area (Å²) >= 11 is 5.89. The van der Waals surface area contributed by atoms with Crippen LogP contribution in [-0.4, -0.2) is 22.9 Å². The number of carbonyl (C=O) groups is 2. The highest BCUT2D eigenvalue weighted by Crippen LogP contribution is 2.28. The summed E-state index contributed by atoms with van der Waals surface area (Å²) < 4.78 is 0. The molecule has 0 bridgehead atoms. The number of amides is 3. The quantitative estimate of drug-likeness (QED) is 0.799. The third kappa shape index (κ3) is 2.94. The molecule has 0 aromatic heterocycles. The Balaban J connectivity index is 1.87. The molecule has 0 unspecified atom stereocenters. The molecule has 1 heterocycles. The molecule has 23 heavy (non-hydrogen) atoms. The van der Waals surface area contributed by atoms with Crippen LogP contribution in [-0.2, 0) is 11.3 Å². The average molecular weight is 329 g/mol. The zero-order chi connectivity index (χ0) is 16.6. The van der Waals surface area contributed by atoms with Crippen LogP contribution in [0.1, 0.15) is 18.1 Å². The largest absolute Gasteiger partial charge is 0.332 e. The number of urea groups is 1. The molecule has 0 saturated carbocycles. The fourth-order valence-corrected chi connectivity index (χ4v) is 2.93. The number of imide groups is 1. The highest BCUT2D eigenvalue weighted by molar-refractivity contribution is 6.30. The first-order valence-corrected chi connectivity index (χ1v) is 7.81. The molecule has 1 atom stereocenters. The number of hydrogen-bond donors (Lipinski definition) is 0. The smallest absolute Gasteiger partial charge is 0.282 e. The highest BCUT2D eigenvalue weighted by Gasteiger charge is 2.43. The Morgan fingerprint density at radius 1 is 1.09 bits per heavy atom. The summed E-state index contributed by atoms with van der Waals surface area (Å²) in [6.07, 6.45) is 0. The lowest BCUT2D eigenvalue weighted by Crippen LogP contribution is -2.33. The minimum atomic E-state index is -0.520. The zero-order valence-corrected chi connectivity index (χ0v) is 13.7. The molecule has 5 heteroatoms. The Morgan fingerprint density at radius 2 is 1.78 bits per heavy atom. The first-order chi connectivity index (χ1) is 11.0. The molecular weight excluding hydrogens is 312 g/mol. The molecule has 0 spiro atoms. The molecule has 1 aliphatic heterocycles. The Labute approximate surface area is 140 Å². The Morgan fingerprint density at radius 3 is 2.43 bits per heavy atom. The highest BCUT2D eigenvalue weighted by atomic mass is 35.5. The van der Waals surface area contributed by atoms with Crippen molar-refractivity contribution in [2.75, 3.05) is 4.90 Å². The minimum absolute atomic E-state index is 0.188. The van der Waals surface area contributed by atoms with Gasteiger partial charge in [-0.25, -0.2) is 4.79 Å². The molecule has 0 radical (unpaired) electrons. The second-order valence-corrected chi connectivity index (χ2v) is 6.15. The van der Waals surface area contributed by atoms with Crippen LogP contribution in [0.15, 0.2) is 48.5 Å². The fourth-order valence-electron chi connectivity index (χ4n) is 2.80. The second kappa shape index (κ2) is 6.05. The SMILES string of the molecule is Cc1cccc(CN2C(=O)[C@H](C)N(c3ccc(Cl)cc3)C2=O)c1. The van der Waals surface area contributed by atoms with Crippen molar-refractivity contribution in [3.05, 3.63) is 64.7 Å². The van der Waals surface area contributed by atoms with Crippen molar-refractivity contribution in [2.24, 2.45) is 0 Å². The third-order valence-electron chi connectivity index (χ3n) is 3.98. The van der Waals surface area contributed by atoms with E-state index in [9.17, 15) is 9.59 Å². The van der Waals surface area contributed by atoms with Crippen molar-refractivity contribution < 1.29 is 9.59 Å². The summed E-state index contributed by atoms with van der Waals surface area (Å²) in [6.45, 7) is 4.01. The van der Waals surface area contributed by atoms with E-state index in [-0.39, 0.29) is 18.5 Å². The molecular formula is C18H17ClN2O2. The number of nitrogens with zero attached hydrogens (tertiary/aromatic N) is 2. The van der Waals surface area contributed by atoms with Crippen molar-refractivity contribution >= 4 is 29.2 Å². The summed E-state index contributed by atoms with van der Waals surface area (Å²) in [5.41, 5.74) is 2.72. The molecule has 0 N–H and O–H groups in total. The van der Waals surface area contributed by atoms with E-state index in [1.54, 1.807) is 31.2 Å². The second-order valence-electron chi connectivity index (χ2n) is 5.72. The number of anilines is 1. The molecule has 1 aliphatic rings. The van der Waals surface area contributed by atoms with E-state index in [4.69, 9.17) is 11.6 Å². The summed E-state index contributed by atoms with van der Waals surface area (Å²) in [4.78, 5) is 28.0. The normalized spacial score (nSPS) is 18.0. The van der Waals surface area contributed by atoms with Crippen molar-refractivity contribution in [2.45, 2.75) is 26.4 Å². The molecule has 4 nitrogen and oxygen atoms in total. The van der Waals surface area contributed by atoms with Gasteiger partial charge in [-0.15, -0.1) is 0 Å². The van der Waals surface area contributed by atoms with E-state index in [1.165, 1.54) is 9.80 Å². The van der Waals surface area contributed by atoms with E-state index in [2.05, 4.69) is 0 Å². The van der Waals surface area contributed by atoms with Crippen LogP contribution in [0.5, 0.6) is 0 Å². The molecule has 118 valence electrons. The summed E-state index contributed by atoms with van der Waals surface area (Å²) in [6, 6.07) is 13.9. The van der Waals surface area contributed by atoms with Crippen molar-refractivity contribution in [1.29, 1.82) is 0 Å². The van der Waals surface area contributed by atoms with Gasteiger partial charge < -0.3 is 0 Å².